The molecule has 0 bridgehead atoms. The van der Waals surface area contributed by atoms with Crippen molar-refractivity contribution in [3.05, 3.63) is 35.4 Å². The van der Waals surface area contributed by atoms with Gasteiger partial charge in [0.25, 0.3) is 0 Å². The summed E-state index contributed by atoms with van der Waals surface area (Å²) in [7, 11) is 0. The van der Waals surface area contributed by atoms with Crippen LogP contribution in [0.1, 0.15) is 57.1 Å². The molecule has 1 aromatic carbocycles. The minimum Gasteiger partial charge on any atom is -0.329 e. The van der Waals surface area contributed by atoms with Crippen LogP contribution in [0.25, 0.3) is 0 Å². The number of hydrogen-bond donors (Lipinski definition) is 1. The van der Waals surface area contributed by atoms with Crippen molar-refractivity contribution in [1.29, 1.82) is 0 Å². The van der Waals surface area contributed by atoms with Gasteiger partial charge in [0, 0.05) is 18.6 Å². The van der Waals surface area contributed by atoms with Gasteiger partial charge in [-0.2, -0.15) is 0 Å². The smallest absolute Gasteiger partial charge is 0.0335 e. The molecule has 1 aliphatic carbocycles. The van der Waals surface area contributed by atoms with Crippen LogP contribution in [-0.4, -0.2) is 23.5 Å². The van der Waals surface area contributed by atoms with Gasteiger partial charge >= 0.3 is 0 Å². The van der Waals surface area contributed by atoms with E-state index in [0.29, 0.717) is 0 Å². The van der Waals surface area contributed by atoms with Gasteiger partial charge in [-0.1, -0.05) is 43.7 Å². The Kier molecular flexibility index (Phi) is 5.83. The number of rotatable bonds is 6. The van der Waals surface area contributed by atoms with E-state index in [1.807, 2.05) is 0 Å². The fourth-order valence-corrected chi connectivity index (χ4v) is 3.62. The largest absolute Gasteiger partial charge is 0.329 e. The highest BCUT2D eigenvalue weighted by atomic mass is 15.2. The van der Waals surface area contributed by atoms with Crippen LogP contribution in [0.5, 0.6) is 0 Å². The predicted octanol–water partition coefficient (Wildman–Crippen LogP) is 4.11. The van der Waals surface area contributed by atoms with Crippen LogP contribution in [0.4, 0.5) is 0 Å². The van der Waals surface area contributed by atoms with Gasteiger partial charge in [0.05, 0.1) is 0 Å². The van der Waals surface area contributed by atoms with E-state index in [4.69, 9.17) is 5.73 Å². The van der Waals surface area contributed by atoms with Crippen molar-refractivity contribution in [3.63, 3.8) is 0 Å². The zero-order chi connectivity index (χ0) is 15.3. The van der Waals surface area contributed by atoms with Gasteiger partial charge < -0.3 is 5.73 Å². The molecule has 0 saturated heterocycles. The van der Waals surface area contributed by atoms with Gasteiger partial charge in [-0.15, -0.1) is 0 Å². The maximum absolute atomic E-state index is 6.25. The van der Waals surface area contributed by atoms with Crippen LogP contribution < -0.4 is 5.73 Å². The molecule has 1 aliphatic rings. The summed E-state index contributed by atoms with van der Waals surface area (Å²) >= 11 is 0. The summed E-state index contributed by atoms with van der Waals surface area (Å²) < 4.78 is 0. The molecular formula is C19H32N2. The summed E-state index contributed by atoms with van der Waals surface area (Å²) in [6.45, 7) is 9.80. The highest BCUT2D eigenvalue weighted by molar-refractivity contribution is 5.21. The number of nitrogens with zero attached hydrogens (tertiary/aromatic N) is 1. The second kappa shape index (κ2) is 7.42. The molecule has 1 saturated carbocycles. The summed E-state index contributed by atoms with van der Waals surface area (Å²) in [5.74, 6) is 0.868. The molecule has 0 spiro atoms. The van der Waals surface area contributed by atoms with Crippen molar-refractivity contribution in [2.75, 3.05) is 13.1 Å². The summed E-state index contributed by atoms with van der Waals surface area (Å²) in [6.07, 6.45) is 6.37. The van der Waals surface area contributed by atoms with E-state index in [1.165, 1.54) is 43.2 Å². The molecule has 0 unspecified atom stereocenters. The first kappa shape index (κ1) is 16.5. The molecule has 2 rings (SSSR count). The second-order valence-electron chi connectivity index (χ2n) is 7.02. The number of nitrogens with two attached hydrogens (primary N) is 1. The van der Waals surface area contributed by atoms with Crippen molar-refractivity contribution < 1.29 is 0 Å². The Bertz CT molecular complexity index is 416. The monoisotopic (exact) mass is 288 g/mol. The van der Waals surface area contributed by atoms with E-state index in [9.17, 15) is 0 Å². The lowest BCUT2D eigenvalue weighted by molar-refractivity contribution is 0.0377. The van der Waals surface area contributed by atoms with Crippen LogP contribution >= 0.6 is 0 Å². The highest BCUT2D eigenvalue weighted by Crippen LogP contribution is 2.36. The molecule has 0 amide bonds. The molecule has 0 heterocycles. The summed E-state index contributed by atoms with van der Waals surface area (Å²) in [5, 5.41) is 0. The first-order valence-electron chi connectivity index (χ1n) is 8.60. The third-order valence-electron chi connectivity index (χ3n) is 5.24. The fraction of sp³-hybridized carbons (Fsp3) is 0.684. The van der Waals surface area contributed by atoms with Crippen molar-refractivity contribution in [3.8, 4) is 0 Å². The lowest BCUT2D eigenvalue weighted by Gasteiger charge is -2.47. The van der Waals surface area contributed by atoms with Crippen LogP contribution in [-0.2, 0) is 6.54 Å². The van der Waals surface area contributed by atoms with Crippen molar-refractivity contribution in [2.45, 2.75) is 65.0 Å². The van der Waals surface area contributed by atoms with Gasteiger partial charge in [0.2, 0.25) is 0 Å². The van der Waals surface area contributed by atoms with Crippen LogP contribution in [0.15, 0.2) is 24.3 Å². The average molecular weight is 288 g/mol. The summed E-state index contributed by atoms with van der Waals surface area (Å²) in [5.41, 5.74) is 9.23. The third kappa shape index (κ3) is 4.08. The van der Waals surface area contributed by atoms with Crippen molar-refractivity contribution >= 4 is 0 Å². The van der Waals surface area contributed by atoms with Crippen molar-refractivity contribution in [1.82, 2.24) is 4.90 Å². The van der Waals surface area contributed by atoms with E-state index in [-0.39, 0.29) is 5.54 Å². The van der Waals surface area contributed by atoms with E-state index in [1.54, 1.807) is 0 Å². The Labute approximate surface area is 130 Å². The maximum Gasteiger partial charge on any atom is 0.0335 e. The Morgan fingerprint density at radius 2 is 1.81 bits per heavy atom. The predicted molar refractivity (Wildman–Crippen MR) is 91.3 cm³/mol. The standard InChI is InChI=1S/C19H32N2/c1-4-13-21(14-18-7-5-16(2)6-8-18)19(15-20)11-9-17(3)10-12-19/h5-8,17H,4,9-15,20H2,1-3H3. The number of aryl methyl sites for hydroxylation is 1. The average Bonchev–Trinajstić information content (AvgIpc) is 2.50. The van der Waals surface area contributed by atoms with Gasteiger partial charge in [0.15, 0.2) is 0 Å². The first-order chi connectivity index (χ1) is 10.1. The topological polar surface area (TPSA) is 29.3 Å². The highest BCUT2D eigenvalue weighted by Gasteiger charge is 2.37. The van der Waals surface area contributed by atoms with Gasteiger partial charge in [-0.25, -0.2) is 0 Å². The molecule has 2 nitrogen and oxygen atoms in total. The molecule has 118 valence electrons. The zero-order valence-electron chi connectivity index (χ0n) is 14.1. The molecule has 1 fully saturated rings. The van der Waals surface area contributed by atoms with E-state index in [2.05, 4.69) is 49.9 Å². The lowest BCUT2D eigenvalue weighted by atomic mass is 9.75. The molecule has 0 atom stereocenters. The molecule has 2 N–H and O–H groups in total. The molecular weight excluding hydrogens is 256 g/mol. The zero-order valence-corrected chi connectivity index (χ0v) is 14.1. The van der Waals surface area contributed by atoms with E-state index < -0.39 is 0 Å². The number of benzene rings is 1. The lowest BCUT2D eigenvalue weighted by Crippen LogP contribution is -2.55. The quantitative estimate of drug-likeness (QED) is 0.853. The van der Waals surface area contributed by atoms with E-state index >= 15 is 0 Å². The van der Waals surface area contributed by atoms with Crippen LogP contribution in [0.3, 0.4) is 0 Å². The maximum atomic E-state index is 6.25. The van der Waals surface area contributed by atoms with Crippen LogP contribution in [0, 0.1) is 12.8 Å². The normalized spacial score (nSPS) is 26.2. The van der Waals surface area contributed by atoms with Crippen LogP contribution in [0.2, 0.25) is 0 Å². The minimum absolute atomic E-state index is 0.230. The molecule has 0 aliphatic heterocycles. The number of hydrogen-bond acceptors (Lipinski definition) is 2. The fourth-order valence-electron chi connectivity index (χ4n) is 3.62. The molecule has 1 aromatic rings. The summed E-state index contributed by atoms with van der Waals surface area (Å²) in [6, 6.07) is 8.98. The van der Waals surface area contributed by atoms with E-state index in [0.717, 1.165) is 25.6 Å². The summed E-state index contributed by atoms with van der Waals surface area (Å²) in [4.78, 5) is 2.67. The Balaban J connectivity index is 2.14. The first-order valence-corrected chi connectivity index (χ1v) is 8.60. The Hall–Kier alpha value is -0.860. The minimum atomic E-state index is 0.230. The SMILES string of the molecule is CCCN(Cc1ccc(C)cc1)C1(CN)CCC(C)CC1. The van der Waals surface area contributed by atoms with Gasteiger partial charge in [-0.3, -0.25) is 4.90 Å². The van der Waals surface area contributed by atoms with Gasteiger partial charge in [0.1, 0.15) is 0 Å². The Morgan fingerprint density at radius 3 is 2.33 bits per heavy atom. The molecule has 0 aromatic heterocycles. The molecule has 0 radical (unpaired) electrons. The second-order valence-corrected chi connectivity index (χ2v) is 7.02. The van der Waals surface area contributed by atoms with Gasteiger partial charge in [-0.05, 0) is 57.1 Å². The Morgan fingerprint density at radius 1 is 1.19 bits per heavy atom. The molecule has 21 heavy (non-hydrogen) atoms. The van der Waals surface area contributed by atoms with Crippen molar-refractivity contribution in [2.24, 2.45) is 11.7 Å². The molecule has 2 heteroatoms. The third-order valence-corrected chi connectivity index (χ3v) is 5.24.